The molecule has 0 radical (unpaired) electrons. The zero-order chi connectivity index (χ0) is 18.8. The molecule has 0 fully saturated rings. The number of nitrogens with one attached hydrogen (secondary N) is 1. The van der Waals surface area contributed by atoms with Gasteiger partial charge in [-0.15, -0.1) is 16.4 Å². The Morgan fingerprint density at radius 3 is 2.89 bits per heavy atom. The SMILES string of the molecule is Cc1ccccc1-c1nc2scc(CCNC(=O)c3cccc(F)c3)n2n1. The summed E-state index contributed by atoms with van der Waals surface area (Å²) in [6.07, 6.45) is 0.609. The van der Waals surface area contributed by atoms with Gasteiger partial charge in [-0.2, -0.15) is 4.98 Å². The van der Waals surface area contributed by atoms with Crippen molar-refractivity contribution in [1.29, 1.82) is 0 Å². The molecule has 2 heterocycles. The van der Waals surface area contributed by atoms with Crippen molar-refractivity contribution < 1.29 is 9.18 Å². The zero-order valence-electron chi connectivity index (χ0n) is 14.6. The zero-order valence-corrected chi connectivity index (χ0v) is 15.5. The van der Waals surface area contributed by atoms with E-state index in [1.165, 1.54) is 29.5 Å². The number of halogens is 1. The third-order valence-corrected chi connectivity index (χ3v) is 5.15. The summed E-state index contributed by atoms with van der Waals surface area (Å²) in [4.78, 5) is 17.5. The molecule has 0 saturated carbocycles. The molecule has 0 aliphatic carbocycles. The number of thiazole rings is 1. The van der Waals surface area contributed by atoms with Gasteiger partial charge in [0.05, 0.1) is 5.69 Å². The molecule has 136 valence electrons. The standard InChI is InChI=1S/C20H17FN4OS/c1-13-5-2-3-8-17(13)18-23-20-25(24-18)16(12-27-20)9-10-22-19(26)14-6-4-7-15(21)11-14/h2-8,11-12H,9-10H2,1H3,(H,22,26). The van der Waals surface area contributed by atoms with E-state index in [1.807, 2.05) is 41.1 Å². The predicted octanol–water partition coefficient (Wildman–Crippen LogP) is 3.88. The number of rotatable bonds is 5. The molecule has 2 aromatic heterocycles. The number of hydrogen-bond donors (Lipinski definition) is 1. The minimum atomic E-state index is -0.423. The van der Waals surface area contributed by atoms with E-state index in [0.717, 1.165) is 21.8 Å². The Hall–Kier alpha value is -3.06. The third-order valence-electron chi connectivity index (χ3n) is 4.29. The van der Waals surface area contributed by atoms with Gasteiger partial charge in [-0.1, -0.05) is 30.3 Å². The maximum absolute atomic E-state index is 13.2. The Morgan fingerprint density at radius 1 is 1.22 bits per heavy atom. The third kappa shape index (κ3) is 3.59. The van der Waals surface area contributed by atoms with Gasteiger partial charge in [0.25, 0.3) is 5.91 Å². The molecular formula is C20H17FN4OS. The first-order valence-corrected chi connectivity index (χ1v) is 9.43. The Bertz CT molecular complexity index is 1120. The minimum absolute atomic E-state index is 0.292. The topological polar surface area (TPSA) is 59.3 Å². The lowest BCUT2D eigenvalue weighted by Gasteiger charge is -2.05. The highest BCUT2D eigenvalue weighted by atomic mass is 32.1. The van der Waals surface area contributed by atoms with Crippen LogP contribution in [0.3, 0.4) is 0 Å². The molecule has 7 heteroatoms. The maximum Gasteiger partial charge on any atom is 0.251 e. The first-order valence-electron chi connectivity index (χ1n) is 8.55. The first-order chi connectivity index (χ1) is 13.1. The van der Waals surface area contributed by atoms with Crippen molar-refractivity contribution in [2.75, 3.05) is 6.54 Å². The first kappa shape index (κ1) is 17.4. The average molecular weight is 380 g/mol. The van der Waals surface area contributed by atoms with Crippen LogP contribution in [-0.4, -0.2) is 27.0 Å². The highest BCUT2D eigenvalue weighted by molar-refractivity contribution is 7.15. The predicted molar refractivity (Wildman–Crippen MR) is 103 cm³/mol. The van der Waals surface area contributed by atoms with Gasteiger partial charge >= 0.3 is 0 Å². The lowest BCUT2D eigenvalue weighted by atomic mass is 10.1. The number of amides is 1. The van der Waals surface area contributed by atoms with Gasteiger partial charge in [0.1, 0.15) is 5.82 Å². The Balaban J connectivity index is 1.47. The molecule has 0 unspecified atom stereocenters. The fourth-order valence-electron chi connectivity index (χ4n) is 2.87. The molecule has 1 N–H and O–H groups in total. The number of carbonyl (C=O) groups is 1. The van der Waals surface area contributed by atoms with Crippen LogP contribution in [0.1, 0.15) is 21.6 Å². The van der Waals surface area contributed by atoms with Crippen LogP contribution in [0.15, 0.2) is 53.9 Å². The van der Waals surface area contributed by atoms with Gasteiger partial charge in [-0.05, 0) is 30.7 Å². The maximum atomic E-state index is 13.2. The van der Waals surface area contributed by atoms with E-state index in [4.69, 9.17) is 0 Å². The van der Waals surface area contributed by atoms with Crippen molar-refractivity contribution >= 4 is 22.2 Å². The van der Waals surface area contributed by atoms with Crippen molar-refractivity contribution in [2.45, 2.75) is 13.3 Å². The summed E-state index contributed by atoms with van der Waals surface area (Å²) in [5, 5.41) is 9.43. The van der Waals surface area contributed by atoms with E-state index in [2.05, 4.69) is 15.4 Å². The Kier molecular flexibility index (Phi) is 4.68. The quantitative estimate of drug-likeness (QED) is 0.572. The van der Waals surface area contributed by atoms with Crippen LogP contribution >= 0.6 is 11.3 Å². The molecule has 1 amide bonds. The summed E-state index contributed by atoms with van der Waals surface area (Å²) in [7, 11) is 0. The van der Waals surface area contributed by atoms with Crippen LogP contribution in [0.5, 0.6) is 0 Å². The number of aryl methyl sites for hydroxylation is 1. The number of benzene rings is 2. The molecule has 0 aliphatic rings. The second-order valence-electron chi connectivity index (χ2n) is 6.19. The number of carbonyl (C=O) groups excluding carboxylic acids is 1. The molecule has 4 rings (SSSR count). The number of hydrogen-bond acceptors (Lipinski definition) is 4. The molecule has 4 aromatic rings. The van der Waals surface area contributed by atoms with Crippen molar-refractivity contribution in [3.8, 4) is 11.4 Å². The number of nitrogens with zero attached hydrogens (tertiary/aromatic N) is 3. The van der Waals surface area contributed by atoms with Crippen molar-refractivity contribution in [3.05, 3.63) is 76.5 Å². The fraction of sp³-hybridized carbons (Fsp3) is 0.150. The van der Waals surface area contributed by atoms with Gasteiger partial charge in [0.15, 0.2) is 5.82 Å². The van der Waals surface area contributed by atoms with Crippen LogP contribution in [0, 0.1) is 12.7 Å². The molecule has 0 aliphatic heterocycles. The smallest absolute Gasteiger partial charge is 0.251 e. The van der Waals surface area contributed by atoms with Crippen molar-refractivity contribution in [3.63, 3.8) is 0 Å². The van der Waals surface area contributed by atoms with E-state index < -0.39 is 5.82 Å². The summed E-state index contributed by atoms with van der Waals surface area (Å²) < 4.78 is 15.0. The van der Waals surface area contributed by atoms with Crippen LogP contribution in [0.4, 0.5) is 4.39 Å². The van der Waals surface area contributed by atoms with Gasteiger partial charge < -0.3 is 5.32 Å². The normalized spacial score (nSPS) is 11.0. The van der Waals surface area contributed by atoms with Crippen LogP contribution in [0.25, 0.3) is 16.3 Å². The summed E-state index contributed by atoms with van der Waals surface area (Å²) in [5.74, 6) is -0.0151. The molecule has 27 heavy (non-hydrogen) atoms. The number of aromatic nitrogens is 3. The lowest BCUT2D eigenvalue weighted by molar-refractivity contribution is 0.0953. The highest BCUT2D eigenvalue weighted by Crippen LogP contribution is 2.23. The lowest BCUT2D eigenvalue weighted by Crippen LogP contribution is -2.26. The molecule has 0 saturated heterocycles. The van der Waals surface area contributed by atoms with Gasteiger partial charge in [-0.3, -0.25) is 4.79 Å². The van der Waals surface area contributed by atoms with E-state index >= 15 is 0 Å². The van der Waals surface area contributed by atoms with E-state index in [0.29, 0.717) is 24.4 Å². The molecule has 0 bridgehead atoms. The molecule has 0 atom stereocenters. The highest BCUT2D eigenvalue weighted by Gasteiger charge is 2.13. The molecule has 0 spiro atoms. The van der Waals surface area contributed by atoms with Crippen LogP contribution in [0.2, 0.25) is 0 Å². The molecular weight excluding hydrogens is 363 g/mol. The number of fused-ring (bicyclic) bond motifs is 1. The Labute approximate surface area is 159 Å². The minimum Gasteiger partial charge on any atom is -0.352 e. The monoisotopic (exact) mass is 380 g/mol. The largest absolute Gasteiger partial charge is 0.352 e. The van der Waals surface area contributed by atoms with Gasteiger partial charge in [0.2, 0.25) is 4.96 Å². The van der Waals surface area contributed by atoms with Gasteiger partial charge in [-0.25, -0.2) is 8.91 Å². The average Bonchev–Trinajstić information content (AvgIpc) is 3.23. The van der Waals surface area contributed by atoms with Crippen molar-refractivity contribution in [2.24, 2.45) is 0 Å². The van der Waals surface area contributed by atoms with E-state index in [1.54, 1.807) is 6.07 Å². The summed E-state index contributed by atoms with van der Waals surface area (Å²) in [5.41, 5.74) is 3.42. The summed E-state index contributed by atoms with van der Waals surface area (Å²) in [6, 6.07) is 13.7. The second kappa shape index (κ2) is 7.28. The summed E-state index contributed by atoms with van der Waals surface area (Å²) in [6.45, 7) is 2.47. The summed E-state index contributed by atoms with van der Waals surface area (Å²) >= 11 is 1.52. The molecule has 5 nitrogen and oxygen atoms in total. The Morgan fingerprint density at radius 2 is 2.07 bits per heavy atom. The molecule has 2 aromatic carbocycles. The van der Waals surface area contributed by atoms with Crippen LogP contribution < -0.4 is 5.32 Å². The second-order valence-corrected chi connectivity index (χ2v) is 7.02. The van der Waals surface area contributed by atoms with E-state index in [-0.39, 0.29) is 5.91 Å². The van der Waals surface area contributed by atoms with Crippen molar-refractivity contribution in [1.82, 2.24) is 19.9 Å². The van der Waals surface area contributed by atoms with E-state index in [9.17, 15) is 9.18 Å². The van der Waals surface area contributed by atoms with Gasteiger partial charge in [0, 0.05) is 29.5 Å². The fourth-order valence-corrected chi connectivity index (χ4v) is 3.73. The van der Waals surface area contributed by atoms with Crippen LogP contribution in [-0.2, 0) is 6.42 Å².